The van der Waals surface area contributed by atoms with Crippen LogP contribution in [0.25, 0.3) is 21.5 Å². The first-order chi connectivity index (χ1) is 24.9. The van der Waals surface area contributed by atoms with Gasteiger partial charge in [0.15, 0.2) is 14.7 Å². The molecular weight excluding hydrogens is 796 g/mol. The van der Waals surface area contributed by atoms with Gasteiger partial charge in [0, 0.05) is 36.6 Å². The van der Waals surface area contributed by atoms with Crippen LogP contribution in [0.15, 0.2) is 136 Å². The molecule has 0 aliphatic carbocycles. The Bertz CT molecular complexity index is 1840. The van der Waals surface area contributed by atoms with E-state index in [0.717, 1.165) is 87.0 Å². The molecule has 0 amide bonds. The Morgan fingerprint density at radius 3 is 0.925 bits per heavy atom. The number of ether oxygens (including phenoxy) is 2. The molecule has 6 aromatic carbocycles. The zero-order chi connectivity index (χ0) is 38.7. The summed E-state index contributed by atoms with van der Waals surface area (Å²) in [4.78, 5) is 3.61. The Hall–Kier alpha value is -3.33. The van der Waals surface area contributed by atoms with Crippen LogP contribution in [-0.4, -0.2) is 13.2 Å². The van der Waals surface area contributed by atoms with Crippen LogP contribution >= 0.6 is 42.6 Å². The Balaban J connectivity index is 0.000000202. The molecule has 0 aromatic heterocycles. The first-order valence-electron chi connectivity index (χ1n) is 16.7. The average molecular weight is 834 g/mol. The predicted octanol–water partition coefficient (Wildman–Crippen LogP) is 16.5. The van der Waals surface area contributed by atoms with Gasteiger partial charge in [-0.3, -0.25) is 0 Å². The number of fused-ring (bicyclic) bond motifs is 2. The zero-order valence-corrected chi connectivity index (χ0v) is 32.8. The standard InChI is InChI=1S/C22H26O2.C18H12Cl3S.F6P/c1-3-5-15-23-21-17-11-7-9-13-19(17)22(24-16-6-4-2)20-14-10-8-12-18(20)21;19-13-1-7-16(8-2-13)22(17-9-3-14(20)4-10-17)18-11-5-15(21)6-12-18;1-7(2,3,4,5)6/h7-14H,3-6,15-16H2,1-2H3;1-12H;/q;+1;-1. The molecular formula is C40H38Cl3F6O2PS. The molecule has 53 heavy (non-hydrogen) atoms. The molecule has 0 unspecified atom stereocenters. The summed E-state index contributed by atoms with van der Waals surface area (Å²) in [7, 11) is -10.9. The van der Waals surface area contributed by atoms with E-state index in [9.17, 15) is 25.2 Å². The monoisotopic (exact) mass is 832 g/mol. The van der Waals surface area contributed by atoms with E-state index in [1.807, 2.05) is 36.4 Å². The molecule has 0 aliphatic rings. The molecule has 13 heteroatoms. The average Bonchev–Trinajstić information content (AvgIpc) is 3.10. The summed E-state index contributed by atoms with van der Waals surface area (Å²) >= 11 is 18.1. The van der Waals surface area contributed by atoms with Crippen LogP contribution in [0.1, 0.15) is 39.5 Å². The molecule has 0 heterocycles. The quantitative estimate of drug-likeness (QED) is 0.0426. The summed E-state index contributed by atoms with van der Waals surface area (Å²) in [6.07, 6.45) is 4.40. The van der Waals surface area contributed by atoms with Crippen LogP contribution in [-0.2, 0) is 10.9 Å². The number of hydrogen-bond donors (Lipinski definition) is 0. The van der Waals surface area contributed by atoms with Crippen molar-refractivity contribution in [1.82, 2.24) is 0 Å². The van der Waals surface area contributed by atoms with Crippen LogP contribution in [0.3, 0.4) is 0 Å². The summed E-state index contributed by atoms with van der Waals surface area (Å²) in [5.41, 5.74) is 0. The van der Waals surface area contributed by atoms with Gasteiger partial charge in [-0.1, -0.05) is 110 Å². The second kappa shape index (κ2) is 17.9. The third-order valence-corrected chi connectivity index (χ3v) is 10.5. The first-order valence-corrected chi connectivity index (χ1v) is 21.1. The van der Waals surface area contributed by atoms with Gasteiger partial charge < -0.3 is 9.47 Å². The fourth-order valence-electron chi connectivity index (χ4n) is 5.12. The SMILES string of the molecule is CCCCOc1c2ccccc2c(OCCCC)c2ccccc12.Clc1ccc([S+](c2ccc(Cl)cc2)c2ccc(Cl)cc2)cc1.F[P-](F)(F)(F)(F)F. The van der Waals surface area contributed by atoms with Gasteiger partial charge in [-0.05, 0) is 85.6 Å². The van der Waals surface area contributed by atoms with Crippen molar-refractivity contribution in [2.24, 2.45) is 0 Å². The van der Waals surface area contributed by atoms with Crippen molar-refractivity contribution >= 4 is 75.1 Å². The molecule has 0 fully saturated rings. The Labute approximate surface area is 323 Å². The van der Waals surface area contributed by atoms with Gasteiger partial charge in [0.25, 0.3) is 0 Å². The van der Waals surface area contributed by atoms with Gasteiger partial charge in [0.1, 0.15) is 11.5 Å². The van der Waals surface area contributed by atoms with Crippen molar-refractivity contribution in [1.29, 1.82) is 0 Å². The summed E-state index contributed by atoms with van der Waals surface area (Å²) in [5.74, 6) is 1.97. The minimum absolute atomic E-state index is 0.215. The van der Waals surface area contributed by atoms with Gasteiger partial charge in [-0.2, -0.15) is 0 Å². The van der Waals surface area contributed by atoms with Crippen molar-refractivity contribution in [3.63, 3.8) is 0 Å². The molecule has 0 saturated carbocycles. The van der Waals surface area contributed by atoms with E-state index in [1.54, 1.807) is 0 Å². The summed E-state index contributed by atoms with van der Waals surface area (Å²) in [6.45, 7) is 5.87. The van der Waals surface area contributed by atoms with Crippen LogP contribution in [0.2, 0.25) is 15.1 Å². The molecule has 0 bridgehead atoms. The maximum absolute atomic E-state index is 10.7. The fourth-order valence-corrected chi connectivity index (χ4v) is 7.54. The van der Waals surface area contributed by atoms with Crippen molar-refractivity contribution < 1.29 is 34.7 Å². The maximum atomic E-state index is 9.87. The molecule has 284 valence electrons. The second-order valence-corrected chi connectivity index (χ2v) is 17.0. The van der Waals surface area contributed by atoms with Crippen molar-refractivity contribution in [2.75, 3.05) is 13.2 Å². The second-order valence-electron chi connectivity index (χ2n) is 11.8. The molecule has 0 saturated heterocycles. The van der Waals surface area contributed by atoms with Crippen LogP contribution in [0, 0.1) is 0 Å². The summed E-state index contributed by atoms with van der Waals surface area (Å²) < 4.78 is 71.6. The van der Waals surface area contributed by atoms with Crippen molar-refractivity contribution in [3.8, 4) is 11.5 Å². The van der Waals surface area contributed by atoms with Crippen LogP contribution in [0.5, 0.6) is 11.5 Å². The first kappa shape index (κ1) is 42.4. The zero-order valence-electron chi connectivity index (χ0n) is 28.9. The fraction of sp³-hybridized carbons (Fsp3) is 0.200. The topological polar surface area (TPSA) is 18.5 Å². The molecule has 0 atom stereocenters. The number of unbranched alkanes of at least 4 members (excludes halogenated alkanes) is 2. The van der Waals surface area contributed by atoms with E-state index < -0.39 is 7.81 Å². The van der Waals surface area contributed by atoms with E-state index in [-0.39, 0.29) is 10.9 Å². The normalized spacial score (nSPS) is 12.6. The third kappa shape index (κ3) is 14.1. The van der Waals surface area contributed by atoms with E-state index in [1.165, 1.54) is 14.7 Å². The molecule has 0 spiro atoms. The van der Waals surface area contributed by atoms with Gasteiger partial charge in [-0.25, -0.2) is 0 Å². The summed E-state index contributed by atoms with van der Waals surface area (Å²) in [6, 6.07) is 40.7. The number of benzene rings is 6. The Morgan fingerprint density at radius 2 is 0.698 bits per heavy atom. The van der Waals surface area contributed by atoms with E-state index in [0.29, 0.717) is 0 Å². The van der Waals surface area contributed by atoms with Gasteiger partial charge in [0.2, 0.25) is 0 Å². The third-order valence-electron chi connectivity index (χ3n) is 7.47. The summed E-state index contributed by atoms with van der Waals surface area (Å²) in [5, 5.41) is 6.76. The number of halogens is 9. The van der Waals surface area contributed by atoms with Crippen LogP contribution in [0.4, 0.5) is 25.2 Å². The van der Waals surface area contributed by atoms with Gasteiger partial charge >= 0.3 is 33.0 Å². The molecule has 6 rings (SSSR count). The molecule has 0 N–H and O–H groups in total. The van der Waals surface area contributed by atoms with Crippen LogP contribution < -0.4 is 9.47 Å². The van der Waals surface area contributed by atoms with E-state index >= 15 is 0 Å². The number of hydrogen-bond acceptors (Lipinski definition) is 2. The van der Waals surface area contributed by atoms with Gasteiger partial charge in [0.05, 0.1) is 24.1 Å². The van der Waals surface area contributed by atoms with E-state index in [4.69, 9.17) is 44.3 Å². The molecule has 0 radical (unpaired) electrons. The molecule has 0 aliphatic heterocycles. The molecule has 2 nitrogen and oxygen atoms in total. The van der Waals surface area contributed by atoms with Crippen molar-refractivity contribution in [3.05, 3.63) is 136 Å². The van der Waals surface area contributed by atoms with Crippen molar-refractivity contribution in [2.45, 2.75) is 54.2 Å². The Kier molecular flexibility index (Phi) is 14.3. The van der Waals surface area contributed by atoms with Gasteiger partial charge in [-0.15, -0.1) is 0 Å². The Morgan fingerprint density at radius 1 is 0.453 bits per heavy atom. The predicted molar refractivity (Wildman–Crippen MR) is 212 cm³/mol. The minimum atomic E-state index is -10.7. The molecule has 6 aromatic rings. The number of rotatable bonds is 11. The van der Waals surface area contributed by atoms with E-state index in [2.05, 4.69) is 98.8 Å².